The monoisotopic (exact) mass is 235 g/mol. The van der Waals surface area contributed by atoms with Crippen LogP contribution in [-0.4, -0.2) is 31.2 Å². The van der Waals surface area contributed by atoms with Crippen LogP contribution >= 0.6 is 0 Å². The number of hydrogen-bond donors (Lipinski definition) is 2. The highest BCUT2D eigenvalue weighted by atomic mass is 16.5. The molecule has 0 saturated carbocycles. The van der Waals surface area contributed by atoms with Crippen molar-refractivity contribution in [2.45, 2.75) is 32.2 Å². The molecule has 1 atom stereocenters. The van der Waals surface area contributed by atoms with Crippen LogP contribution in [0.2, 0.25) is 0 Å². The standard InChI is InChI=1S/C13H21N3O/c1-10-8-12(13(17-2)9-16-10)15-7-5-11-4-3-6-14-11/h8-9,11,14H,3-7H2,1-2H3,(H,15,16)/t11-/m1/s1. The summed E-state index contributed by atoms with van der Waals surface area (Å²) in [6.45, 7) is 4.13. The maximum atomic E-state index is 5.28. The molecule has 1 aliphatic heterocycles. The Morgan fingerprint density at radius 2 is 2.47 bits per heavy atom. The van der Waals surface area contributed by atoms with E-state index in [4.69, 9.17) is 4.74 Å². The van der Waals surface area contributed by atoms with Crippen LogP contribution in [0, 0.1) is 6.92 Å². The molecule has 94 valence electrons. The van der Waals surface area contributed by atoms with Gasteiger partial charge in [0.15, 0.2) is 5.75 Å². The van der Waals surface area contributed by atoms with E-state index in [1.54, 1.807) is 13.3 Å². The lowest BCUT2D eigenvalue weighted by Gasteiger charge is -2.14. The summed E-state index contributed by atoms with van der Waals surface area (Å²) < 4.78 is 5.28. The van der Waals surface area contributed by atoms with E-state index in [9.17, 15) is 0 Å². The number of anilines is 1. The van der Waals surface area contributed by atoms with Crippen molar-refractivity contribution in [3.63, 3.8) is 0 Å². The van der Waals surface area contributed by atoms with Crippen molar-refractivity contribution in [3.8, 4) is 5.75 Å². The molecule has 0 unspecified atom stereocenters. The van der Waals surface area contributed by atoms with Gasteiger partial charge in [0.05, 0.1) is 19.0 Å². The number of nitrogens with one attached hydrogen (secondary N) is 2. The van der Waals surface area contributed by atoms with Crippen LogP contribution in [0.4, 0.5) is 5.69 Å². The third-order valence-electron chi connectivity index (χ3n) is 3.19. The second-order valence-corrected chi connectivity index (χ2v) is 4.53. The van der Waals surface area contributed by atoms with E-state index in [0.717, 1.165) is 30.1 Å². The summed E-state index contributed by atoms with van der Waals surface area (Å²) in [6.07, 6.45) is 5.53. The van der Waals surface area contributed by atoms with E-state index in [1.165, 1.54) is 19.4 Å². The lowest BCUT2D eigenvalue weighted by atomic mass is 10.1. The zero-order valence-electron chi connectivity index (χ0n) is 10.6. The first-order valence-corrected chi connectivity index (χ1v) is 6.27. The van der Waals surface area contributed by atoms with Gasteiger partial charge < -0.3 is 15.4 Å². The topological polar surface area (TPSA) is 46.2 Å². The minimum absolute atomic E-state index is 0.677. The molecule has 0 bridgehead atoms. The molecule has 2 N–H and O–H groups in total. The number of pyridine rings is 1. The maximum Gasteiger partial charge on any atom is 0.160 e. The number of ether oxygens (including phenoxy) is 1. The van der Waals surface area contributed by atoms with Gasteiger partial charge in [0, 0.05) is 18.3 Å². The number of nitrogens with zero attached hydrogens (tertiary/aromatic N) is 1. The highest BCUT2D eigenvalue weighted by Crippen LogP contribution is 2.23. The molecule has 0 amide bonds. The molecule has 0 radical (unpaired) electrons. The number of hydrogen-bond acceptors (Lipinski definition) is 4. The van der Waals surface area contributed by atoms with Gasteiger partial charge in [-0.3, -0.25) is 4.98 Å². The van der Waals surface area contributed by atoms with E-state index < -0.39 is 0 Å². The molecule has 4 nitrogen and oxygen atoms in total. The van der Waals surface area contributed by atoms with Gasteiger partial charge in [-0.05, 0) is 38.8 Å². The van der Waals surface area contributed by atoms with E-state index >= 15 is 0 Å². The van der Waals surface area contributed by atoms with Gasteiger partial charge in [-0.2, -0.15) is 0 Å². The van der Waals surface area contributed by atoms with Gasteiger partial charge in [0.1, 0.15) is 0 Å². The number of aryl methyl sites for hydroxylation is 1. The normalized spacial score (nSPS) is 19.3. The van der Waals surface area contributed by atoms with Crippen LogP contribution in [0.5, 0.6) is 5.75 Å². The van der Waals surface area contributed by atoms with Crippen molar-refractivity contribution in [2.24, 2.45) is 0 Å². The van der Waals surface area contributed by atoms with E-state index in [0.29, 0.717) is 6.04 Å². The Morgan fingerprint density at radius 1 is 1.59 bits per heavy atom. The Kier molecular flexibility index (Phi) is 4.20. The first-order valence-electron chi connectivity index (χ1n) is 6.27. The summed E-state index contributed by atoms with van der Waals surface area (Å²) in [5, 5.41) is 6.93. The van der Waals surface area contributed by atoms with Crippen molar-refractivity contribution in [3.05, 3.63) is 18.0 Å². The molecule has 0 spiro atoms. The molecule has 2 heterocycles. The minimum Gasteiger partial charge on any atom is -0.493 e. The average Bonchev–Trinajstić information content (AvgIpc) is 2.82. The van der Waals surface area contributed by atoms with Crippen molar-refractivity contribution in [1.82, 2.24) is 10.3 Å². The summed E-state index contributed by atoms with van der Waals surface area (Å²) in [7, 11) is 1.68. The summed E-state index contributed by atoms with van der Waals surface area (Å²) in [6, 6.07) is 2.71. The lowest BCUT2D eigenvalue weighted by molar-refractivity contribution is 0.414. The highest BCUT2D eigenvalue weighted by molar-refractivity contribution is 5.55. The zero-order chi connectivity index (χ0) is 12.1. The molecule has 4 heteroatoms. The van der Waals surface area contributed by atoms with Gasteiger partial charge in [0.2, 0.25) is 0 Å². The molecule has 1 saturated heterocycles. The van der Waals surface area contributed by atoms with Crippen LogP contribution in [-0.2, 0) is 0 Å². The van der Waals surface area contributed by atoms with Gasteiger partial charge in [-0.25, -0.2) is 0 Å². The summed E-state index contributed by atoms with van der Waals surface area (Å²) in [4.78, 5) is 4.22. The van der Waals surface area contributed by atoms with E-state index in [2.05, 4.69) is 15.6 Å². The first-order chi connectivity index (χ1) is 8.29. The summed E-state index contributed by atoms with van der Waals surface area (Å²) in [5.74, 6) is 0.815. The van der Waals surface area contributed by atoms with Crippen molar-refractivity contribution >= 4 is 5.69 Å². The minimum atomic E-state index is 0.677. The quantitative estimate of drug-likeness (QED) is 0.819. The smallest absolute Gasteiger partial charge is 0.160 e. The third-order valence-corrected chi connectivity index (χ3v) is 3.19. The Morgan fingerprint density at radius 3 is 3.18 bits per heavy atom. The SMILES string of the molecule is COc1cnc(C)cc1NCC[C@H]1CCCN1. The maximum absolute atomic E-state index is 5.28. The molecule has 1 aromatic rings. The lowest BCUT2D eigenvalue weighted by Crippen LogP contribution is -2.24. The zero-order valence-corrected chi connectivity index (χ0v) is 10.6. The summed E-state index contributed by atoms with van der Waals surface area (Å²) >= 11 is 0. The fourth-order valence-corrected chi connectivity index (χ4v) is 2.23. The fraction of sp³-hybridized carbons (Fsp3) is 0.615. The van der Waals surface area contributed by atoms with Gasteiger partial charge >= 0.3 is 0 Å². The third kappa shape index (κ3) is 3.33. The Balaban J connectivity index is 1.86. The molecule has 1 fully saturated rings. The highest BCUT2D eigenvalue weighted by Gasteiger charge is 2.13. The molecule has 2 rings (SSSR count). The summed E-state index contributed by atoms with van der Waals surface area (Å²) in [5.41, 5.74) is 2.05. The second kappa shape index (κ2) is 5.87. The molecule has 1 aliphatic rings. The molecular weight excluding hydrogens is 214 g/mol. The molecule has 0 aromatic carbocycles. The molecule has 17 heavy (non-hydrogen) atoms. The van der Waals surface area contributed by atoms with Gasteiger partial charge in [0.25, 0.3) is 0 Å². The molecule has 0 aliphatic carbocycles. The number of methoxy groups -OCH3 is 1. The van der Waals surface area contributed by atoms with Gasteiger partial charge in [-0.15, -0.1) is 0 Å². The number of aromatic nitrogens is 1. The molecular formula is C13H21N3O. The predicted octanol–water partition coefficient (Wildman–Crippen LogP) is 1.95. The Bertz CT molecular complexity index is 362. The van der Waals surface area contributed by atoms with Crippen LogP contribution in [0.3, 0.4) is 0 Å². The van der Waals surface area contributed by atoms with E-state index in [1.807, 2.05) is 13.0 Å². The second-order valence-electron chi connectivity index (χ2n) is 4.53. The molecule has 1 aromatic heterocycles. The van der Waals surface area contributed by atoms with Gasteiger partial charge in [-0.1, -0.05) is 0 Å². The largest absolute Gasteiger partial charge is 0.493 e. The van der Waals surface area contributed by atoms with Crippen LogP contribution in [0.1, 0.15) is 25.0 Å². The first kappa shape index (κ1) is 12.2. The predicted molar refractivity (Wildman–Crippen MR) is 69.7 cm³/mol. The average molecular weight is 235 g/mol. The van der Waals surface area contributed by atoms with Crippen molar-refractivity contribution < 1.29 is 4.74 Å². The van der Waals surface area contributed by atoms with Crippen LogP contribution in [0.25, 0.3) is 0 Å². The Labute approximate surface area is 103 Å². The van der Waals surface area contributed by atoms with Crippen molar-refractivity contribution in [1.29, 1.82) is 0 Å². The Hall–Kier alpha value is -1.29. The van der Waals surface area contributed by atoms with E-state index in [-0.39, 0.29) is 0 Å². The van der Waals surface area contributed by atoms with Crippen LogP contribution in [0.15, 0.2) is 12.3 Å². The fourth-order valence-electron chi connectivity index (χ4n) is 2.23. The number of rotatable bonds is 5. The van der Waals surface area contributed by atoms with Crippen molar-refractivity contribution in [2.75, 3.05) is 25.5 Å². The van der Waals surface area contributed by atoms with Crippen LogP contribution < -0.4 is 15.4 Å².